The molecule has 1 amide bonds. The van der Waals surface area contributed by atoms with E-state index in [-0.39, 0.29) is 18.6 Å². The fraction of sp³-hybridized carbons (Fsp3) is 0.174. The van der Waals surface area contributed by atoms with Gasteiger partial charge in [0.05, 0.1) is 29.7 Å². The number of carbonyl (C=O) groups excluding carboxylic acids is 1. The summed E-state index contributed by atoms with van der Waals surface area (Å²) in [6.45, 7) is 3.62. The first-order valence-corrected chi connectivity index (χ1v) is 9.49. The molecule has 0 saturated carbocycles. The molecule has 146 valence electrons. The highest BCUT2D eigenvalue weighted by Crippen LogP contribution is 2.30. The van der Waals surface area contributed by atoms with Crippen molar-refractivity contribution in [3.63, 3.8) is 0 Å². The van der Waals surface area contributed by atoms with Crippen molar-refractivity contribution in [2.75, 3.05) is 6.61 Å². The number of hydrogen-bond acceptors (Lipinski definition) is 4. The lowest BCUT2D eigenvalue weighted by atomic mass is 10.0. The fourth-order valence-corrected chi connectivity index (χ4v) is 3.22. The highest BCUT2D eigenvalue weighted by Gasteiger charge is 2.17. The second-order valence-electron chi connectivity index (χ2n) is 7.13. The number of fused-ring (bicyclic) bond motifs is 1. The van der Waals surface area contributed by atoms with Gasteiger partial charge in [0.1, 0.15) is 0 Å². The van der Waals surface area contributed by atoms with Crippen molar-refractivity contribution < 1.29 is 9.90 Å². The van der Waals surface area contributed by atoms with Crippen molar-refractivity contribution in [2.24, 2.45) is 0 Å². The van der Waals surface area contributed by atoms with Crippen molar-refractivity contribution in [3.05, 3.63) is 78.1 Å². The number of nitrogens with one attached hydrogen (secondary N) is 1. The first-order valence-electron chi connectivity index (χ1n) is 9.49. The van der Waals surface area contributed by atoms with Crippen LogP contribution in [-0.2, 0) is 0 Å². The van der Waals surface area contributed by atoms with Gasteiger partial charge in [0.2, 0.25) is 0 Å². The van der Waals surface area contributed by atoms with Crippen LogP contribution in [0.3, 0.4) is 0 Å². The number of carbonyl (C=O) groups is 1. The maximum absolute atomic E-state index is 12.8. The van der Waals surface area contributed by atoms with E-state index in [4.69, 9.17) is 0 Å². The lowest BCUT2D eigenvalue weighted by molar-refractivity contribution is 0.0922. The molecule has 1 atom stereocenters. The number of aliphatic hydroxyl groups is 1. The van der Waals surface area contributed by atoms with Crippen LogP contribution >= 0.6 is 0 Å². The zero-order valence-corrected chi connectivity index (χ0v) is 16.3. The molecular formula is C23H22N4O2. The molecule has 6 nitrogen and oxygen atoms in total. The monoisotopic (exact) mass is 386 g/mol. The molecule has 29 heavy (non-hydrogen) atoms. The van der Waals surface area contributed by atoms with Crippen LogP contribution in [0, 0.1) is 6.92 Å². The number of benzene rings is 2. The minimum Gasteiger partial charge on any atom is -0.394 e. The smallest absolute Gasteiger partial charge is 0.251 e. The SMILES string of the molecule is Cc1ccc(-c2cc(C(=O)NC(C)CO)cc3c2cnn3-c2ccccc2)nc1. The Morgan fingerprint density at radius 1 is 1.14 bits per heavy atom. The van der Waals surface area contributed by atoms with E-state index in [0.29, 0.717) is 5.56 Å². The number of amides is 1. The van der Waals surface area contributed by atoms with Crippen LogP contribution in [-0.4, -0.2) is 38.4 Å². The Morgan fingerprint density at radius 2 is 1.93 bits per heavy atom. The summed E-state index contributed by atoms with van der Waals surface area (Å²) in [6, 6.07) is 17.1. The van der Waals surface area contributed by atoms with Gasteiger partial charge in [-0.1, -0.05) is 24.3 Å². The van der Waals surface area contributed by atoms with Gasteiger partial charge in [-0.2, -0.15) is 5.10 Å². The largest absolute Gasteiger partial charge is 0.394 e. The van der Waals surface area contributed by atoms with E-state index in [1.54, 1.807) is 13.1 Å². The number of aromatic nitrogens is 3. The second-order valence-corrected chi connectivity index (χ2v) is 7.13. The van der Waals surface area contributed by atoms with Gasteiger partial charge in [0.15, 0.2) is 0 Å². The Hall–Kier alpha value is -3.51. The van der Waals surface area contributed by atoms with Gasteiger partial charge in [-0.15, -0.1) is 0 Å². The predicted molar refractivity (Wildman–Crippen MR) is 113 cm³/mol. The van der Waals surface area contributed by atoms with Gasteiger partial charge in [0.25, 0.3) is 5.91 Å². The summed E-state index contributed by atoms with van der Waals surface area (Å²) >= 11 is 0. The van der Waals surface area contributed by atoms with Crippen molar-refractivity contribution in [1.82, 2.24) is 20.1 Å². The van der Waals surface area contributed by atoms with E-state index in [0.717, 1.165) is 33.4 Å². The van der Waals surface area contributed by atoms with Crippen LogP contribution in [0.5, 0.6) is 0 Å². The molecule has 2 N–H and O–H groups in total. The maximum atomic E-state index is 12.8. The van der Waals surface area contributed by atoms with Crippen molar-refractivity contribution in [1.29, 1.82) is 0 Å². The van der Waals surface area contributed by atoms with Crippen molar-refractivity contribution in [3.8, 4) is 16.9 Å². The zero-order chi connectivity index (χ0) is 20.4. The molecule has 2 heterocycles. The highest BCUT2D eigenvalue weighted by atomic mass is 16.3. The minimum absolute atomic E-state index is 0.123. The van der Waals surface area contributed by atoms with Gasteiger partial charge < -0.3 is 10.4 Å². The van der Waals surface area contributed by atoms with Crippen LogP contribution in [0.2, 0.25) is 0 Å². The average Bonchev–Trinajstić information content (AvgIpc) is 3.18. The highest BCUT2D eigenvalue weighted by molar-refractivity contribution is 6.03. The molecule has 4 aromatic rings. The number of aliphatic hydroxyl groups excluding tert-OH is 1. The summed E-state index contributed by atoms with van der Waals surface area (Å²) in [6.07, 6.45) is 3.61. The first-order chi connectivity index (χ1) is 14.1. The van der Waals surface area contributed by atoms with E-state index in [1.165, 1.54) is 0 Å². The molecule has 0 aliphatic carbocycles. The van der Waals surface area contributed by atoms with Crippen LogP contribution < -0.4 is 5.32 Å². The van der Waals surface area contributed by atoms with Crippen molar-refractivity contribution >= 4 is 16.8 Å². The van der Waals surface area contributed by atoms with E-state index in [2.05, 4.69) is 15.4 Å². The summed E-state index contributed by atoms with van der Waals surface area (Å²) in [5.74, 6) is -0.248. The van der Waals surface area contributed by atoms with E-state index in [1.807, 2.05) is 72.4 Å². The summed E-state index contributed by atoms with van der Waals surface area (Å²) in [7, 11) is 0. The third-order valence-electron chi connectivity index (χ3n) is 4.79. The fourth-order valence-electron chi connectivity index (χ4n) is 3.22. The molecule has 2 aromatic heterocycles. The Morgan fingerprint density at radius 3 is 2.62 bits per heavy atom. The average molecular weight is 386 g/mol. The molecular weight excluding hydrogens is 364 g/mol. The number of rotatable bonds is 5. The minimum atomic E-state index is -0.335. The standard InChI is InChI=1S/C23H22N4O2/c1-15-8-9-21(24-12-15)19-10-17(23(29)26-16(2)14-28)11-22-20(19)13-25-27(22)18-6-4-3-5-7-18/h3-13,16,28H,14H2,1-2H3,(H,26,29). The van der Waals surface area contributed by atoms with E-state index in [9.17, 15) is 9.90 Å². The van der Waals surface area contributed by atoms with E-state index < -0.39 is 0 Å². The second kappa shape index (κ2) is 7.85. The van der Waals surface area contributed by atoms with Gasteiger partial charge in [-0.05, 0) is 49.7 Å². The van der Waals surface area contributed by atoms with Gasteiger partial charge in [0, 0.05) is 28.8 Å². The molecule has 0 aliphatic heterocycles. The third-order valence-corrected chi connectivity index (χ3v) is 4.79. The molecule has 0 spiro atoms. The lowest BCUT2D eigenvalue weighted by Gasteiger charge is -2.13. The number of pyridine rings is 1. The normalized spacial score (nSPS) is 12.1. The van der Waals surface area contributed by atoms with Gasteiger partial charge in [-0.3, -0.25) is 9.78 Å². The lowest BCUT2D eigenvalue weighted by Crippen LogP contribution is -2.35. The summed E-state index contributed by atoms with van der Waals surface area (Å²) in [4.78, 5) is 17.3. The molecule has 0 bridgehead atoms. The number of nitrogens with zero attached hydrogens (tertiary/aromatic N) is 3. The van der Waals surface area contributed by atoms with Gasteiger partial charge >= 0.3 is 0 Å². The Balaban J connectivity index is 1.92. The Labute approximate surface area is 168 Å². The number of hydrogen-bond donors (Lipinski definition) is 2. The maximum Gasteiger partial charge on any atom is 0.251 e. The van der Waals surface area contributed by atoms with Gasteiger partial charge in [-0.25, -0.2) is 4.68 Å². The summed E-state index contributed by atoms with van der Waals surface area (Å²) < 4.78 is 1.82. The third kappa shape index (κ3) is 3.75. The first kappa shape index (κ1) is 18.8. The van der Waals surface area contributed by atoms with Crippen LogP contribution in [0.15, 0.2) is 67.0 Å². The number of aryl methyl sites for hydroxylation is 1. The molecule has 0 saturated heterocycles. The summed E-state index contributed by atoms with van der Waals surface area (Å²) in [5, 5.41) is 17.6. The quantitative estimate of drug-likeness (QED) is 0.550. The van der Waals surface area contributed by atoms with Crippen LogP contribution in [0.1, 0.15) is 22.8 Å². The molecule has 2 aromatic carbocycles. The molecule has 6 heteroatoms. The van der Waals surface area contributed by atoms with Crippen LogP contribution in [0.4, 0.5) is 0 Å². The Kier molecular flexibility index (Phi) is 5.10. The Bertz CT molecular complexity index is 1150. The molecule has 4 rings (SSSR count). The molecule has 0 aliphatic rings. The topological polar surface area (TPSA) is 80.0 Å². The molecule has 0 radical (unpaired) electrons. The molecule has 1 unspecified atom stereocenters. The van der Waals surface area contributed by atoms with Crippen molar-refractivity contribution in [2.45, 2.75) is 19.9 Å². The summed E-state index contributed by atoms with van der Waals surface area (Å²) in [5.41, 5.74) is 4.90. The zero-order valence-electron chi connectivity index (χ0n) is 16.3. The molecule has 0 fully saturated rings. The number of para-hydroxylation sites is 1. The van der Waals surface area contributed by atoms with Crippen LogP contribution in [0.25, 0.3) is 27.8 Å². The predicted octanol–water partition coefficient (Wildman–Crippen LogP) is 3.51. The van der Waals surface area contributed by atoms with E-state index >= 15 is 0 Å².